The van der Waals surface area contributed by atoms with Crippen molar-refractivity contribution in [1.82, 2.24) is 10.1 Å². The van der Waals surface area contributed by atoms with E-state index in [1.54, 1.807) is 18.2 Å². The molecule has 0 radical (unpaired) electrons. The number of hydrogen-bond donors (Lipinski definition) is 1. The maximum atomic E-state index is 13.0. The Morgan fingerprint density at radius 1 is 1.13 bits per heavy atom. The second-order valence-corrected chi connectivity index (χ2v) is 9.02. The molecule has 2 heterocycles. The summed E-state index contributed by atoms with van der Waals surface area (Å²) in [5, 5.41) is 3.88. The van der Waals surface area contributed by atoms with Crippen molar-refractivity contribution in [3.05, 3.63) is 59.2 Å². The first kappa shape index (κ1) is 20.9. The van der Waals surface area contributed by atoms with Crippen molar-refractivity contribution in [2.75, 3.05) is 16.2 Å². The van der Waals surface area contributed by atoms with E-state index in [1.165, 1.54) is 17.0 Å². The highest BCUT2D eigenvalue weighted by Gasteiger charge is 2.29. The number of carbonyl (C=O) groups excluding carboxylic acids is 1. The Kier molecular flexibility index (Phi) is 5.40. The molecule has 2 aromatic carbocycles. The van der Waals surface area contributed by atoms with Gasteiger partial charge in [-0.25, -0.2) is 8.42 Å². The summed E-state index contributed by atoms with van der Waals surface area (Å²) in [5.74, 6) is 0.876. The zero-order valence-electron chi connectivity index (χ0n) is 17.4. The van der Waals surface area contributed by atoms with Crippen LogP contribution in [0.25, 0.3) is 0 Å². The van der Waals surface area contributed by atoms with Gasteiger partial charge in [0, 0.05) is 12.1 Å². The molecule has 0 fully saturated rings. The molecular formula is C21H22N4O5S. The number of fused-ring (bicyclic) bond motifs is 1. The zero-order chi connectivity index (χ0) is 22.2. The molecule has 31 heavy (non-hydrogen) atoms. The fourth-order valence-electron chi connectivity index (χ4n) is 3.41. The summed E-state index contributed by atoms with van der Waals surface area (Å²) in [6.07, 6.45) is 0.577. The maximum absolute atomic E-state index is 13.0. The summed E-state index contributed by atoms with van der Waals surface area (Å²) >= 11 is 0. The van der Waals surface area contributed by atoms with E-state index in [4.69, 9.17) is 9.26 Å². The van der Waals surface area contributed by atoms with E-state index in [9.17, 15) is 13.2 Å². The van der Waals surface area contributed by atoms with Crippen LogP contribution >= 0.6 is 0 Å². The molecule has 1 aromatic heterocycles. The average Bonchev–Trinajstić information content (AvgIpc) is 3.16. The molecule has 1 aliphatic heterocycles. The average molecular weight is 442 g/mol. The molecule has 0 spiro atoms. The molecule has 10 heteroatoms. The van der Waals surface area contributed by atoms with Gasteiger partial charge in [-0.2, -0.15) is 4.98 Å². The highest BCUT2D eigenvalue weighted by molar-refractivity contribution is 7.92. The highest BCUT2D eigenvalue weighted by atomic mass is 32.2. The molecule has 0 aliphatic carbocycles. The number of amides is 1. The van der Waals surface area contributed by atoms with Gasteiger partial charge in [-0.1, -0.05) is 18.1 Å². The second-order valence-electron chi connectivity index (χ2n) is 7.34. The van der Waals surface area contributed by atoms with E-state index < -0.39 is 10.0 Å². The third kappa shape index (κ3) is 4.38. The second kappa shape index (κ2) is 8.03. The van der Waals surface area contributed by atoms with Crippen LogP contribution in [0.15, 0.2) is 45.8 Å². The molecule has 1 N–H and O–H groups in total. The molecule has 162 valence electrons. The number of benzene rings is 2. The maximum Gasteiger partial charge on any atom is 0.265 e. The van der Waals surface area contributed by atoms with E-state index in [0.29, 0.717) is 35.3 Å². The normalized spacial score (nSPS) is 13.6. The Balaban J connectivity index is 1.66. The van der Waals surface area contributed by atoms with Crippen LogP contribution in [-0.4, -0.2) is 31.1 Å². The van der Waals surface area contributed by atoms with Crippen LogP contribution in [0.1, 0.15) is 29.8 Å². The van der Waals surface area contributed by atoms with Crippen molar-refractivity contribution in [2.24, 2.45) is 0 Å². The summed E-state index contributed by atoms with van der Waals surface area (Å²) in [4.78, 5) is 18.2. The lowest BCUT2D eigenvalue weighted by Crippen LogP contribution is -2.38. The summed E-state index contributed by atoms with van der Waals surface area (Å²) < 4.78 is 39.2. The van der Waals surface area contributed by atoms with Gasteiger partial charge >= 0.3 is 0 Å². The summed E-state index contributed by atoms with van der Waals surface area (Å²) in [5.41, 5.74) is 2.69. The third-order valence-corrected chi connectivity index (χ3v) is 6.15. The lowest BCUT2D eigenvalue weighted by Gasteiger charge is -2.28. The van der Waals surface area contributed by atoms with E-state index >= 15 is 0 Å². The Hall–Kier alpha value is -3.40. The minimum Gasteiger partial charge on any atom is -0.482 e. The summed E-state index contributed by atoms with van der Waals surface area (Å²) in [7, 11) is -3.89. The number of ether oxygens (including phenoxy) is 1. The molecular weight excluding hydrogens is 420 g/mol. The van der Waals surface area contributed by atoms with Gasteiger partial charge in [-0.3, -0.25) is 14.4 Å². The third-order valence-electron chi connectivity index (χ3n) is 4.77. The highest BCUT2D eigenvalue weighted by Crippen LogP contribution is 2.35. The molecule has 4 rings (SSSR count). The quantitative estimate of drug-likeness (QED) is 0.624. The lowest BCUT2D eigenvalue weighted by molar-refractivity contribution is -0.121. The summed E-state index contributed by atoms with van der Waals surface area (Å²) in [6.45, 7) is 5.57. The SMILES string of the molecule is CCc1nc(CN2C(=O)COc3ccc(S(=O)(=O)Nc4cc(C)cc(C)c4)cc32)no1. The van der Waals surface area contributed by atoms with Gasteiger partial charge in [-0.15, -0.1) is 0 Å². The first-order valence-electron chi connectivity index (χ1n) is 9.75. The fraction of sp³-hybridized carbons (Fsp3) is 0.286. The number of carbonyl (C=O) groups is 1. The van der Waals surface area contributed by atoms with Crippen molar-refractivity contribution in [3.63, 3.8) is 0 Å². The van der Waals surface area contributed by atoms with E-state index in [2.05, 4.69) is 14.9 Å². The predicted octanol–water partition coefficient (Wildman–Crippen LogP) is 2.98. The molecule has 0 saturated heterocycles. The molecule has 3 aromatic rings. The van der Waals surface area contributed by atoms with Crippen LogP contribution in [0.2, 0.25) is 0 Å². The number of hydrogen-bond acceptors (Lipinski definition) is 7. The standard InChI is InChI=1S/C21H22N4O5S/c1-4-20-22-19(23-30-20)11-25-17-10-16(5-6-18(17)29-12-21(25)26)31(27,28)24-15-8-13(2)7-14(3)9-15/h5-10,24H,4,11-12H2,1-3H3. The van der Waals surface area contributed by atoms with Crippen LogP contribution < -0.4 is 14.4 Å². The van der Waals surface area contributed by atoms with Crippen molar-refractivity contribution >= 4 is 27.3 Å². The Labute approximate surface area is 180 Å². The van der Waals surface area contributed by atoms with Gasteiger partial charge in [0.05, 0.1) is 17.1 Å². The number of nitrogens with zero attached hydrogens (tertiary/aromatic N) is 3. The van der Waals surface area contributed by atoms with Gasteiger partial charge in [-0.05, 0) is 55.3 Å². The van der Waals surface area contributed by atoms with Gasteiger partial charge in [0.25, 0.3) is 15.9 Å². The van der Waals surface area contributed by atoms with Crippen LogP contribution in [0, 0.1) is 13.8 Å². The molecule has 0 unspecified atom stereocenters. The van der Waals surface area contributed by atoms with E-state index in [1.807, 2.05) is 26.8 Å². The van der Waals surface area contributed by atoms with Crippen molar-refractivity contribution in [2.45, 2.75) is 38.6 Å². The van der Waals surface area contributed by atoms with Crippen molar-refractivity contribution < 1.29 is 22.5 Å². The smallest absolute Gasteiger partial charge is 0.265 e. The van der Waals surface area contributed by atoms with Gasteiger partial charge in [0.1, 0.15) is 5.75 Å². The fourth-order valence-corrected chi connectivity index (χ4v) is 4.47. The van der Waals surface area contributed by atoms with Crippen molar-refractivity contribution in [1.29, 1.82) is 0 Å². The Morgan fingerprint density at radius 2 is 1.87 bits per heavy atom. The van der Waals surface area contributed by atoms with Crippen LogP contribution in [0.3, 0.4) is 0 Å². The lowest BCUT2D eigenvalue weighted by atomic mass is 10.1. The molecule has 0 atom stereocenters. The Morgan fingerprint density at radius 3 is 2.55 bits per heavy atom. The number of rotatable bonds is 6. The van der Waals surface area contributed by atoms with Crippen LogP contribution in [0.5, 0.6) is 5.75 Å². The minimum absolute atomic E-state index is 0.0102. The molecule has 0 bridgehead atoms. The van der Waals surface area contributed by atoms with Crippen LogP contribution in [-0.2, 0) is 27.8 Å². The van der Waals surface area contributed by atoms with Gasteiger partial charge in [0.15, 0.2) is 12.4 Å². The van der Waals surface area contributed by atoms with Gasteiger partial charge < -0.3 is 9.26 Å². The van der Waals surface area contributed by atoms with E-state index in [0.717, 1.165) is 11.1 Å². The number of aromatic nitrogens is 2. The van der Waals surface area contributed by atoms with Crippen LogP contribution in [0.4, 0.5) is 11.4 Å². The van der Waals surface area contributed by atoms with Crippen molar-refractivity contribution in [3.8, 4) is 5.75 Å². The molecule has 0 saturated carbocycles. The molecule has 1 aliphatic rings. The predicted molar refractivity (Wildman–Crippen MR) is 114 cm³/mol. The van der Waals surface area contributed by atoms with E-state index in [-0.39, 0.29) is 24.0 Å². The monoisotopic (exact) mass is 442 g/mol. The number of nitrogens with one attached hydrogen (secondary N) is 1. The molecule has 9 nitrogen and oxygen atoms in total. The largest absolute Gasteiger partial charge is 0.482 e. The van der Waals surface area contributed by atoms with Gasteiger partial charge in [0.2, 0.25) is 5.89 Å². The topological polar surface area (TPSA) is 115 Å². The Bertz CT molecular complexity index is 1230. The zero-order valence-corrected chi connectivity index (χ0v) is 18.2. The number of sulfonamides is 1. The minimum atomic E-state index is -3.89. The first-order valence-corrected chi connectivity index (χ1v) is 11.2. The first-order chi connectivity index (χ1) is 14.7. The number of anilines is 2. The molecule has 1 amide bonds. The summed E-state index contributed by atoms with van der Waals surface area (Å²) in [6, 6.07) is 9.87. The number of aryl methyl sites for hydroxylation is 3.